The fraction of sp³-hybridized carbons (Fsp3) is 0.111. The number of imidazole rings is 1. The van der Waals surface area contributed by atoms with Gasteiger partial charge < -0.3 is 4.98 Å². The number of anilines is 1. The lowest BCUT2D eigenvalue weighted by Gasteiger charge is -2.06. The minimum absolute atomic E-state index is 0.00699. The molecule has 8 heteroatoms. The summed E-state index contributed by atoms with van der Waals surface area (Å²) in [7, 11) is -3.68. The van der Waals surface area contributed by atoms with Crippen LogP contribution in [0, 0.1) is 6.92 Å². The molecule has 0 amide bonds. The van der Waals surface area contributed by atoms with E-state index in [0.29, 0.717) is 10.3 Å². The number of nitrogens with zero attached hydrogens (tertiary/aromatic N) is 2. The maximum Gasteiger partial charge on any atom is 0.280 e. The van der Waals surface area contributed by atoms with Crippen molar-refractivity contribution in [2.45, 2.75) is 11.9 Å². The monoisotopic (exact) mass is 316 g/mol. The van der Waals surface area contributed by atoms with E-state index in [1.165, 1.54) is 12.4 Å². The van der Waals surface area contributed by atoms with Crippen LogP contribution < -0.4 is 4.72 Å². The topological polar surface area (TPSA) is 87.7 Å². The Kier molecular flexibility index (Phi) is 3.16. The van der Waals surface area contributed by atoms with Crippen molar-refractivity contribution in [3.63, 3.8) is 0 Å². The van der Waals surface area contributed by atoms with E-state index in [1.54, 1.807) is 19.1 Å². The molecule has 6 nitrogen and oxygen atoms in total. The number of pyridine rings is 1. The van der Waals surface area contributed by atoms with Crippen LogP contribution in [0.25, 0.3) is 0 Å². The van der Waals surface area contributed by atoms with E-state index < -0.39 is 10.0 Å². The molecule has 0 radical (unpaired) electrons. The number of aromatic nitrogens is 3. The van der Waals surface area contributed by atoms with Gasteiger partial charge in [0.2, 0.25) is 0 Å². The molecule has 2 aromatic heterocycles. The average molecular weight is 317 g/mol. The van der Waals surface area contributed by atoms with Crippen LogP contribution in [-0.2, 0) is 10.0 Å². The molecule has 2 aromatic rings. The van der Waals surface area contributed by atoms with E-state index in [4.69, 9.17) is 0 Å². The lowest BCUT2D eigenvalue weighted by Crippen LogP contribution is -2.14. The number of aromatic amines is 1. The molecule has 2 heterocycles. The zero-order valence-electron chi connectivity index (χ0n) is 8.81. The number of aryl methyl sites for hydroxylation is 1. The third kappa shape index (κ3) is 2.64. The maximum atomic E-state index is 11.9. The van der Waals surface area contributed by atoms with E-state index in [9.17, 15) is 8.42 Å². The van der Waals surface area contributed by atoms with Crippen LogP contribution in [0.4, 0.5) is 5.82 Å². The summed E-state index contributed by atoms with van der Waals surface area (Å²) in [6, 6.07) is 3.39. The molecule has 17 heavy (non-hydrogen) atoms. The summed E-state index contributed by atoms with van der Waals surface area (Å²) in [6.45, 7) is 1.68. The second kappa shape index (κ2) is 4.46. The van der Waals surface area contributed by atoms with E-state index in [1.807, 2.05) is 0 Å². The van der Waals surface area contributed by atoms with Crippen molar-refractivity contribution in [3.8, 4) is 0 Å². The highest BCUT2D eigenvalue weighted by atomic mass is 79.9. The Hall–Kier alpha value is -1.41. The molecule has 2 N–H and O–H groups in total. The molecule has 90 valence electrons. The smallest absolute Gasteiger partial charge is 0.280 e. The van der Waals surface area contributed by atoms with Gasteiger partial charge in [-0.2, -0.15) is 8.42 Å². The van der Waals surface area contributed by atoms with Gasteiger partial charge in [-0.3, -0.25) is 4.72 Å². The highest BCUT2D eigenvalue weighted by molar-refractivity contribution is 9.10. The molecule has 2 rings (SSSR count). The Bertz CT molecular complexity index is 638. The molecule has 0 aromatic carbocycles. The lowest BCUT2D eigenvalue weighted by molar-refractivity contribution is 0.598. The Balaban J connectivity index is 2.33. The van der Waals surface area contributed by atoms with Crippen LogP contribution in [0.15, 0.2) is 34.0 Å². The SMILES string of the molecule is Cc1ncc(S(=O)(=O)Nc2ncccc2Br)[nH]1. The Morgan fingerprint density at radius 1 is 1.41 bits per heavy atom. The number of rotatable bonds is 3. The summed E-state index contributed by atoms with van der Waals surface area (Å²) >= 11 is 3.21. The number of sulfonamides is 1. The molecule has 0 unspecified atom stereocenters. The summed E-state index contributed by atoms with van der Waals surface area (Å²) in [5.41, 5.74) is 0. The molecule has 0 saturated carbocycles. The fourth-order valence-electron chi connectivity index (χ4n) is 1.18. The van der Waals surface area contributed by atoms with Gasteiger partial charge in [-0.05, 0) is 35.0 Å². The summed E-state index contributed by atoms with van der Waals surface area (Å²) in [4.78, 5) is 10.4. The van der Waals surface area contributed by atoms with Crippen LogP contribution in [0.1, 0.15) is 5.82 Å². The third-order valence-corrected chi connectivity index (χ3v) is 3.85. The molecular formula is C9H9BrN4O2S. The summed E-state index contributed by atoms with van der Waals surface area (Å²) < 4.78 is 26.8. The van der Waals surface area contributed by atoms with Crippen molar-refractivity contribution in [1.82, 2.24) is 15.0 Å². The van der Waals surface area contributed by atoms with Crippen LogP contribution >= 0.6 is 15.9 Å². The summed E-state index contributed by atoms with van der Waals surface area (Å²) in [5, 5.41) is 0.00699. The van der Waals surface area contributed by atoms with Crippen LogP contribution in [-0.4, -0.2) is 23.4 Å². The van der Waals surface area contributed by atoms with E-state index in [-0.39, 0.29) is 10.8 Å². The van der Waals surface area contributed by atoms with Crippen LogP contribution in [0.5, 0.6) is 0 Å². The van der Waals surface area contributed by atoms with Gasteiger partial charge in [0.25, 0.3) is 10.0 Å². The van der Waals surface area contributed by atoms with Gasteiger partial charge in [-0.25, -0.2) is 9.97 Å². The number of nitrogens with one attached hydrogen (secondary N) is 2. The first kappa shape index (κ1) is 12.1. The zero-order valence-corrected chi connectivity index (χ0v) is 11.2. The van der Waals surface area contributed by atoms with Gasteiger partial charge in [0, 0.05) is 6.20 Å². The second-order valence-electron chi connectivity index (χ2n) is 3.27. The van der Waals surface area contributed by atoms with E-state index >= 15 is 0 Å². The molecule has 0 aliphatic heterocycles. The molecule has 0 bridgehead atoms. The third-order valence-electron chi connectivity index (χ3n) is 1.96. The van der Waals surface area contributed by atoms with Crippen molar-refractivity contribution in [3.05, 3.63) is 34.8 Å². The first-order valence-electron chi connectivity index (χ1n) is 4.64. The first-order valence-corrected chi connectivity index (χ1v) is 6.91. The van der Waals surface area contributed by atoms with Crippen LogP contribution in [0.2, 0.25) is 0 Å². The first-order chi connectivity index (χ1) is 7.99. The molecule has 0 atom stereocenters. The average Bonchev–Trinajstić information content (AvgIpc) is 2.69. The van der Waals surface area contributed by atoms with Gasteiger partial charge in [0.15, 0.2) is 10.8 Å². The Morgan fingerprint density at radius 3 is 2.76 bits per heavy atom. The minimum Gasteiger partial charge on any atom is -0.332 e. The molecule has 0 fully saturated rings. The predicted octanol–water partition coefficient (Wildman–Crippen LogP) is 1.68. The number of hydrogen-bond acceptors (Lipinski definition) is 4. The second-order valence-corrected chi connectivity index (χ2v) is 5.78. The van der Waals surface area contributed by atoms with Crippen molar-refractivity contribution < 1.29 is 8.42 Å². The molecule has 0 saturated heterocycles. The molecule has 0 spiro atoms. The standard InChI is InChI=1S/C9H9BrN4O2S/c1-6-12-5-8(13-6)17(15,16)14-9-7(10)3-2-4-11-9/h2-5H,1H3,(H,11,14)(H,12,13). The maximum absolute atomic E-state index is 11.9. The predicted molar refractivity (Wildman–Crippen MR) is 66.1 cm³/mol. The van der Waals surface area contributed by atoms with E-state index in [2.05, 4.69) is 35.6 Å². The van der Waals surface area contributed by atoms with Crippen molar-refractivity contribution >= 4 is 31.8 Å². The van der Waals surface area contributed by atoms with Gasteiger partial charge in [-0.1, -0.05) is 0 Å². The number of hydrogen-bond donors (Lipinski definition) is 2. The van der Waals surface area contributed by atoms with Crippen molar-refractivity contribution in [2.24, 2.45) is 0 Å². The Morgan fingerprint density at radius 2 is 2.18 bits per heavy atom. The highest BCUT2D eigenvalue weighted by Gasteiger charge is 2.18. The zero-order chi connectivity index (χ0) is 12.5. The number of halogens is 1. The number of H-pyrrole nitrogens is 1. The van der Waals surface area contributed by atoms with Gasteiger partial charge in [0.05, 0.1) is 10.7 Å². The summed E-state index contributed by atoms with van der Waals surface area (Å²) in [5.74, 6) is 0.769. The highest BCUT2D eigenvalue weighted by Crippen LogP contribution is 2.21. The summed E-state index contributed by atoms with van der Waals surface area (Å²) in [6.07, 6.45) is 2.76. The minimum atomic E-state index is -3.68. The molecule has 0 aliphatic rings. The van der Waals surface area contributed by atoms with Crippen LogP contribution in [0.3, 0.4) is 0 Å². The van der Waals surface area contributed by atoms with Crippen molar-refractivity contribution in [1.29, 1.82) is 0 Å². The van der Waals surface area contributed by atoms with Gasteiger partial charge in [0.1, 0.15) is 5.82 Å². The fourth-order valence-corrected chi connectivity index (χ4v) is 2.66. The van der Waals surface area contributed by atoms with Gasteiger partial charge in [-0.15, -0.1) is 0 Å². The quantitative estimate of drug-likeness (QED) is 0.901. The lowest BCUT2D eigenvalue weighted by atomic mass is 10.5. The Labute approximate surface area is 107 Å². The van der Waals surface area contributed by atoms with Crippen molar-refractivity contribution in [2.75, 3.05) is 4.72 Å². The largest absolute Gasteiger partial charge is 0.332 e. The van der Waals surface area contributed by atoms with E-state index in [0.717, 1.165) is 0 Å². The molecular weight excluding hydrogens is 308 g/mol. The van der Waals surface area contributed by atoms with Gasteiger partial charge >= 0.3 is 0 Å². The normalized spacial score (nSPS) is 11.4. The molecule has 0 aliphatic carbocycles.